The second-order valence-electron chi connectivity index (χ2n) is 6.88. The van der Waals surface area contributed by atoms with Crippen molar-refractivity contribution in [2.45, 2.75) is 19.3 Å². The molecule has 4 heteroatoms. The van der Waals surface area contributed by atoms with Gasteiger partial charge in [0.25, 0.3) is 5.82 Å². The van der Waals surface area contributed by atoms with Crippen molar-refractivity contribution in [1.29, 1.82) is 5.26 Å². The zero-order valence-corrected chi connectivity index (χ0v) is 15.8. The van der Waals surface area contributed by atoms with Crippen LogP contribution in [-0.2, 0) is 0 Å². The molecule has 0 spiro atoms. The minimum atomic E-state index is 0.633. The fourth-order valence-electron chi connectivity index (χ4n) is 3.63. The number of allylic oxidation sites excluding steroid dienone is 1. The molecule has 0 aliphatic carbocycles. The van der Waals surface area contributed by atoms with Crippen molar-refractivity contribution in [1.82, 2.24) is 0 Å². The number of halogens is 1. The third-order valence-electron chi connectivity index (χ3n) is 5.05. The van der Waals surface area contributed by atoms with Crippen molar-refractivity contribution in [2.24, 2.45) is 0 Å². The van der Waals surface area contributed by atoms with Gasteiger partial charge in [-0.1, -0.05) is 41.9 Å². The number of para-hydroxylation sites is 1. The van der Waals surface area contributed by atoms with Crippen LogP contribution in [0.1, 0.15) is 30.4 Å². The Bertz CT molecular complexity index is 1030. The van der Waals surface area contributed by atoms with Gasteiger partial charge in [0.2, 0.25) is 0 Å². The van der Waals surface area contributed by atoms with Gasteiger partial charge >= 0.3 is 0 Å². The van der Waals surface area contributed by atoms with Crippen LogP contribution < -0.4 is 9.88 Å². The number of anilines is 1. The number of nitrogens with one attached hydrogen (secondary N) is 1. The van der Waals surface area contributed by atoms with Gasteiger partial charge in [-0.3, -0.25) is 4.90 Å². The number of H-pyrrole nitrogens is 1. The van der Waals surface area contributed by atoms with E-state index < -0.39 is 0 Å². The van der Waals surface area contributed by atoms with Crippen LogP contribution in [0.5, 0.6) is 0 Å². The average Bonchev–Trinajstić information content (AvgIpc) is 2.73. The van der Waals surface area contributed by atoms with E-state index in [1.807, 2.05) is 42.5 Å². The fourth-order valence-corrected chi connectivity index (χ4v) is 3.75. The van der Waals surface area contributed by atoms with Gasteiger partial charge in [0.1, 0.15) is 5.52 Å². The number of piperidine rings is 1. The van der Waals surface area contributed by atoms with E-state index in [0.29, 0.717) is 10.6 Å². The Morgan fingerprint density at radius 3 is 2.52 bits per heavy atom. The maximum Gasteiger partial charge on any atom is 0.282 e. The first-order valence-corrected chi connectivity index (χ1v) is 9.70. The molecule has 1 N–H and O–H groups in total. The molecule has 0 bridgehead atoms. The molecule has 1 aliphatic rings. The third-order valence-corrected chi connectivity index (χ3v) is 5.30. The molecule has 0 radical (unpaired) electrons. The molecule has 1 aliphatic heterocycles. The topological polar surface area (TPSA) is 41.2 Å². The van der Waals surface area contributed by atoms with Crippen molar-refractivity contribution < 1.29 is 4.98 Å². The molecule has 134 valence electrons. The number of fused-ring (bicyclic) bond motifs is 1. The van der Waals surface area contributed by atoms with Crippen molar-refractivity contribution >= 4 is 40.0 Å². The van der Waals surface area contributed by atoms with E-state index >= 15 is 0 Å². The number of nitriles is 1. The lowest BCUT2D eigenvalue weighted by Gasteiger charge is -2.22. The van der Waals surface area contributed by atoms with E-state index in [9.17, 15) is 5.26 Å². The molecule has 0 unspecified atom stereocenters. The molecule has 0 atom stereocenters. The standard InChI is InChI=1S/C23H20ClN3/c24-21-10-8-17(9-11-21)20(16-25)15-19-14-18-6-2-3-7-22(18)26-23(19)27-12-4-1-5-13-27/h2-3,6-11,14-15H,1,4-5,12-13H2/p+1/b20-15+. The van der Waals surface area contributed by atoms with Crippen LogP contribution in [0.3, 0.4) is 0 Å². The summed E-state index contributed by atoms with van der Waals surface area (Å²) in [6, 6.07) is 20.2. The summed E-state index contributed by atoms with van der Waals surface area (Å²) in [5, 5.41) is 11.6. The van der Waals surface area contributed by atoms with E-state index in [0.717, 1.165) is 40.9 Å². The highest BCUT2D eigenvalue weighted by Gasteiger charge is 2.23. The van der Waals surface area contributed by atoms with Gasteiger partial charge in [0, 0.05) is 10.4 Å². The molecule has 2 heterocycles. The summed E-state index contributed by atoms with van der Waals surface area (Å²) in [5.41, 5.74) is 3.66. The van der Waals surface area contributed by atoms with Crippen LogP contribution >= 0.6 is 11.6 Å². The van der Waals surface area contributed by atoms with Crippen molar-refractivity contribution in [3.63, 3.8) is 0 Å². The van der Waals surface area contributed by atoms with Crippen LogP contribution in [0.25, 0.3) is 22.6 Å². The summed E-state index contributed by atoms with van der Waals surface area (Å²) in [7, 11) is 0. The van der Waals surface area contributed by atoms with E-state index in [1.165, 1.54) is 19.3 Å². The quantitative estimate of drug-likeness (QED) is 0.579. The van der Waals surface area contributed by atoms with Crippen LogP contribution in [0.15, 0.2) is 54.6 Å². The molecule has 0 amide bonds. The number of rotatable bonds is 3. The summed E-state index contributed by atoms with van der Waals surface area (Å²) < 4.78 is 0. The lowest BCUT2D eigenvalue weighted by Crippen LogP contribution is -2.34. The minimum absolute atomic E-state index is 0.633. The maximum atomic E-state index is 9.75. The number of hydrogen-bond donors (Lipinski definition) is 0. The monoisotopic (exact) mass is 374 g/mol. The molecule has 3 nitrogen and oxygen atoms in total. The number of hydrogen-bond acceptors (Lipinski definition) is 2. The fraction of sp³-hybridized carbons (Fsp3) is 0.217. The first-order chi connectivity index (χ1) is 13.2. The summed E-state index contributed by atoms with van der Waals surface area (Å²) in [6.07, 6.45) is 5.66. The highest BCUT2D eigenvalue weighted by Crippen LogP contribution is 2.27. The van der Waals surface area contributed by atoms with Gasteiger partial charge in [0.05, 0.1) is 30.3 Å². The van der Waals surface area contributed by atoms with Gasteiger partial charge in [-0.15, -0.1) is 0 Å². The summed E-state index contributed by atoms with van der Waals surface area (Å²) in [4.78, 5) is 6.01. The van der Waals surface area contributed by atoms with Gasteiger partial charge in [0.15, 0.2) is 0 Å². The first kappa shape index (κ1) is 17.6. The van der Waals surface area contributed by atoms with Crippen LogP contribution in [0, 0.1) is 11.3 Å². The minimum Gasteiger partial charge on any atom is -0.261 e. The molecule has 27 heavy (non-hydrogen) atoms. The van der Waals surface area contributed by atoms with Gasteiger partial charge < -0.3 is 0 Å². The average molecular weight is 375 g/mol. The zero-order valence-electron chi connectivity index (χ0n) is 15.1. The Morgan fingerprint density at radius 1 is 1.04 bits per heavy atom. The van der Waals surface area contributed by atoms with E-state index in [1.54, 1.807) is 0 Å². The highest BCUT2D eigenvalue weighted by atomic mass is 35.5. The number of nitrogens with zero attached hydrogens (tertiary/aromatic N) is 2. The predicted octanol–water partition coefficient (Wildman–Crippen LogP) is 5.36. The molecule has 2 aromatic carbocycles. The van der Waals surface area contributed by atoms with Gasteiger partial charge in [-0.2, -0.15) is 5.26 Å². The molecule has 1 fully saturated rings. The highest BCUT2D eigenvalue weighted by molar-refractivity contribution is 6.30. The maximum absolute atomic E-state index is 9.75. The number of benzene rings is 2. The van der Waals surface area contributed by atoms with Crippen LogP contribution in [-0.4, -0.2) is 13.1 Å². The van der Waals surface area contributed by atoms with Gasteiger partial charge in [-0.25, -0.2) is 4.98 Å². The summed E-state index contributed by atoms with van der Waals surface area (Å²) in [6.45, 7) is 2.08. The summed E-state index contributed by atoms with van der Waals surface area (Å²) in [5.74, 6) is 1.09. The third kappa shape index (κ3) is 3.82. The molecule has 4 rings (SSSR count). The van der Waals surface area contributed by atoms with Crippen molar-refractivity contribution in [3.05, 3.63) is 70.7 Å². The second-order valence-corrected chi connectivity index (χ2v) is 7.32. The smallest absolute Gasteiger partial charge is 0.261 e. The molecule has 3 aromatic rings. The Balaban J connectivity index is 1.85. The molecule has 1 aromatic heterocycles. The van der Waals surface area contributed by atoms with Crippen molar-refractivity contribution in [2.75, 3.05) is 18.0 Å². The van der Waals surface area contributed by atoms with Crippen LogP contribution in [0.2, 0.25) is 5.02 Å². The van der Waals surface area contributed by atoms with Crippen molar-refractivity contribution in [3.8, 4) is 6.07 Å². The number of pyridine rings is 1. The second kappa shape index (κ2) is 7.82. The Kier molecular flexibility index (Phi) is 5.09. The van der Waals surface area contributed by atoms with E-state index in [-0.39, 0.29) is 0 Å². The largest absolute Gasteiger partial charge is 0.282 e. The predicted molar refractivity (Wildman–Crippen MR) is 112 cm³/mol. The lowest BCUT2D eigenvalue weighted by atomic mass is 10.0. The molecule has 0 saturated carbocycles. The van der Waals surface area contributed by atoms with Gasteiger partial charge in [-0.05, 0) is 55.2 Å². The summed E-state index contributed by atoms with van der Waals surface area (Å²) >= 11 is 6.00. The first-order valence-electron chi connectivity index (χ1n) is 9.32. The molecular weight excluding hydrogens is 354 g/mol. The Morgan fingerprint density at radius 2 is 1.78 bits per heavy atom. The molecule has 1 saturated heterocycles. The lowest BCUT2D eigenvalue weighted by molar-refractivity contribution is -0.331. The Labute approximate surface area is 164 Å². The van der Waals surface area contributed by atoms with E-state index in [4.69, 9.17) is 11.6 Å². The number of aromatic amines is 1. The molecular formula is C23H21ClN3+. The van der Waals surface area contributed by atoms with E-state index in [2.05, 4.69) is 34.2 Å². The normalized spacial score (nSPS) is 15.0. The number of aromatic nitrogens is 1. The Hall–Kier alpha value is -2.83. The van der Waals surface area contributed by atoms with Crippen LogP contribution in [0.4, 0.5) is 5.82 Å². The SMILES string of the molecule is N#C/C(=C\c1cc2ccccc2[nH+]c1N1CCCCC1)c1ccc(Cl)cc1. The zero-order chi connectivity index (χ0) is 18.6.